The Morgan fingerprint density at radius 1 is 1.11 bits per heavy atom. The maximum Gasteiger partial charge on any atom is 0.328 e. The van der Waals surface area contributed by atoms with Crippen LogP contribution >= 0.6 is 0 Å². The third-order valence-electron chi connectivity index (χ3n) is 3.44. The smallest absolute Gasteiger partial charge is 0.328 e. The summed E-state index contributed by atoms with van der Waals surface area (Å²) in [6, 6.07) is 0. The lowest BCUT2D eigenvalue weighted by molar-refractivity contribution is -0.131. The van der Waals surface area contributed by atoms with Gasteiger partial charge in [0, 0.05) is 6.08 Å². The highest BCUT2D eigenvalue weighted by Gasteiger charge is 2.35. The molecule has 2 atom stereocenters. The molecule has 0 aromatic carbocycles. The van der Waals surface area contributed by atoms with E-state index in [1.165, 1.54) is 38.5 Å². The zero-order chi connectivity index (χ0) is 13.9. The van der Waals surface area contributed by atoms with Crippen LogP contribution in [0.1, 0.15) is 58.3 Å². The predicted octanol–water partition coefficient (Wildman–Crippen LogP) is 4.09. The van der Waals surface area contributed by atoms with Gasteiger partial charge in [-0.3, -0.25) is 0 Å². The predicted molar refractivity (Wildman–Crippen MR) is 77.2 cm³/mol. The van der Waals surface area contributed by atoms with Gasteiger partial charge in [-0.15, -0.1) is 0 Å². The van der Waals surface area contributed by atoms with E-state index in [1.807, 2.05) is 12.2 Å². The van der Waals surface area contributed by atoms with Crippen molar-refractivity contribution in [1.29, 1.82) is 0 Å². The minimum Gasteiger partial charge on any atom is -0.478 e. The van der Waals surface area contributed by atoms with Crippen LogP contribution in [0.2, 0.25) is 0 Å². The molecule has 1 aliphatic heterocycles. The molecule has 0 aliphatic carbocycles. The molecular formula is C16H26O3. The van der Waals surface area contributed by atoms with Crippen molar-refractivity contribution >= 4 is 5.97 Å². The molecule has 0 spiro atoms. The van der Waals surface area contributed by atoms with Gasteiger partial charge in [-0.05, 0) is 25.7 Å². The minimum atomic E-state index is -0.894. The fourth-order valence-corrected chi connectivity index (χ4v) is 2.24. The Hall–Kier alpha value is -1.09. The maximum absolute atomic E-state index is 10.2. The molecule has 0 bridgehead atoms. The van der Waals surface area contributed by atoms with Gasteiger partial charge < -0.3 is 9.84 Å². The first-order chi connectivity index (χ1) is 9.24. The van der Waals surface area contributed by atoms with Gasteiger partial charge in [0.1, 0.15) is 0 Å². The molecule has 0 saturated carbocycles. The Morgan fingerprint density at radius 2 is 1.84 bits per heavy atom. The summed E-state index contributed by atoms with van der Waals surface area (Å²) in [4.78, 5) is 10.2. The zero-order valence-electron chi connectivity index (χ0n) is 11.9. The molecular weight excluding hydrogens is 240 g/mol. The average molecular weight is 266 g/mol. The number of carbonyl (C=O) groups is 1. The van der Waals surface area contributed by atoms with Crippen molar-refractivity contribution in [3.63, 3.8) is 0 Å². The summed E-state index contributed by atoms with van der Waals surface area (Å²) in [7, 11) is 0. The van der Waals surface area contributed by atoms with E-state index in [1.54, 1.807) is 6.08 Å². The van der Waals surface area contributed by atoms with Crippen molar-refractivity contribution in [1.82, 2.24) is 0 Å². The number of carboxylic acids is 1. The molecule has 1 rings (SSSR count). The van der Waals surface area contributed by atoms with Crippen LogP contribution in [0, 0.1) is 0 Å². The van der Waals surface area contributed by atoms with E-state index >= 15 is 0 Å². The number of rotatable bonds is 11. The van der Waals surface area contributed by atoms with Crippen molar-refractivity contribution in [2.24, 2.45) is 0 Å². The summed E-state index contributed by atoms with van der Waals surface area (Å²) in [6.07, 6.45) is 17.5. The van der Waals surface area contributed by atoms with E-state index in [-0.39, 0.29) is 0 Å². The largest absolute Gasteiger partial charge is 0.478 e. The van der Waals surface area contributed by atoms with Crippen LogP contribution in [0.3, 0.4) is 0 Å². The molecule has 19 heavy (non-hydrogen) atoms. The molecule has 108 valence electrons. The van der Waals surface area contributed by atoms with Crippen molar-refractivity contribution in [3.05, 3.63) is 24.3 Å². The first-order valence-corrected chi connectivity index (χ1v) is 7.45. The Kier molecular flexibility index (Phi) is 8.23. The zero-order valence-corrected chi connectivity index (χ0v) is 11.9. The van der Waals surface area contributed by atoms with Gasteiger partial charge in [0.25, 0.3) is 0 Å². The quantitative estimate of drug-likeness (QED) is 0.265. The van der Waals surface area contributed by atoms with Gasteiger partial charge >= 0.3 is 5.97 Å². The van der Waals surface area contributed by atoms with Crippen LogP contribution in [0.5, 0.6) is 0 Å². The first kappa shape index (κ1) is 16.0. The second-order valence-corrected chi connectivity index (χ2v) is 5.09. The second kappa shape index (κ2) is 9.79. The van der Waals surface area contributed by atoms with Crippen molar-refractivity contribution in [3.8, 4) is 0 Å². The van der Waals surface area contributed by atoms with Gasteiger partial charge in [0.05, 0.1) is 12.2 Å². The first-order valence-electron chi connectivity index (χ1n) is 7.45. The summed E-state index contributed by atoms with van der Waals surface area (Å²) < 4.78 is 5.51. The summed E-state index contributed by atoms with van der Waals surface area (Å²) >= 11 is 0. The van der Waals surface area contributed by atoms with Crippen LogP contribution in [0.15, 0.2) is 24.3 Å². The van der Waals surface area contributed by atoms with Crippen LogP contribution in [0.4, 0.5) is 0 Å². The number of ether oxygens (including phenoxy) is 1. The Morgan fingerprint density at radius 3 is 2.53 bits per heavy atom. The molecule has 1 heterocycles. The van der Waals surface area contributed by atoms with E-state index in [2.05, 4.69) is 6.92 Å². The highest BCUT2D eigenvalue weighted by Crippen LogP contribution is 2.29. The third-order valence-corrected chi connectivity index (χ3v) is 3.44. The number of epoxide rings is 1. The summed E-state index contributed by atoms with van der Waals surface area (Å²) in [5.41, 5.74) is 0. The lowest BCUT2D eigenvalue weighted by Crippen LogP contribution is -1.92. The molecule has 1 aliphatic rings. The molecule has 2 unspecified atom stereocenters. The van der Waals surface area contributed by atoms with E-state index in [9.17, 15) is 4.79 Å². The van der Waals surface area contributed by atoms with E-state index in [0.29, 0.717) is 12.2 Å². The van der Waals surface area contributed by atoms with Crippen LogP contribution < -0.4 is 0 Å². The van der Waals surface area contributed by atoms with Crippen LogP contribution in [0.25, 0.3) is 0 Å². The van der Waals surface area contributed by atoms with Crippen LogP contribution in [-0.2, 0) is 9.53 Å². The summed E-state index contributed by atoms with van der Waals surface area (Å²) in [6.45, 7) is 2.18. The number of hydrogen-bond donors (Lipinski definition) is 1. The third kappa shape index (κ3) is 8.60. The fourth-order valence-electron chi connectivity index (χ4n) is 2.24. The normalized spacial score (nSPS) is 22.4. The number of unbranched alkanes of at least 4 members (excludes halogenated alkanes) is 5. The average Bonchev–Trinajstić information content (AvgIpc) is 3.14. The maximum atomic E-state index is 10.2. The van der Waals surface area contributed by atoms with Gasteiger partial charge in [0.2, 0.25) is 0 Å². The summed E-state index contributed by atoms with van der Waals surface area (Å²) in [5.74, 6) is -0.894. The Labute approximate surface area is 116 Å². The molecule has 0 aromatic rings. The van der Waals surface area contributed by atoms with E-state index < -0.39 is 5.97 Å². The molecule has 1 N–H and O–H groups in total. The molecule has 0 radical (unpaired) electrons. The lowest BCUT2D eigenvalue weighted by atomic mass is 10.1. The lowest BCUT2D eigenvalue weighted by Gasteiger charge is -1.98. The molecule has 1 fully saturated rings. The number of hydrogen-bond acceptors (Lipinski definition) is 2. The van der Waals surface area contributed by atoms with Crippen molar-refractivity contribution in [2.75, 3.05) is 0 Å². The highest BCUT2D eigenvalue weighted by atomic mass is 16.6. The standard InChI is InChI=1S/C16H26O3/c1-2-14-15(19-14)12-10-8-6-4-3-5-7-9-11-13-16(17)18/h7,9,11,13-15H,2-6,8,10,12H2,1H3,(H,17,18). The van der Waals surface area contributed by atoms with E-state index in [0.717, 1.165) is 18.9 Å². The van der Waals surface area contributed by atoms with E-state index in [4.69, 9.17) is 9.84 Å². The molecule has 1 saturated heterocycles. The Bertz CT molecular complexity index is 307. The number of carboxylic acid groups (broad SMARTS) is 1. The number of aliphatic carboxylic acids is 1. The van der Waals surface area contributed by atoms with Crippen molar-refractivity contribution in [2.45, 2.75) is 70.5 Å². The summed E-state index contributed by atoms with van der Waals surface area (Å²) in [5, 5.41) is 8.38. The molecule has 0 aromatic heterocycles. The van der Waals surface area contributed by atoms with Gasteiger partial charge in [0.15, 0.2) is 0 Å². The molecule has 3 heteroatoms. The minimum absolute atomic E-state index is 0.559. The number of allylic oxidation sites excluding steroid dienone is 3. The van der Waals surface area contributed by atoms with Crippen LogP contribution in [-0.4, -0.2) is 23.3 Å². The van der Waals surface area contributed by atoms with Gasteiger partial charge in [-0.2, -0.15) is 0 Å². The van der Waals surface area contributed by atoms with Gasteiger partial charge in [-0.25, -0.2) is 4.79 Å². The molecule has 0 amide bonds. The fraction of sp³-hybridized carbons (Fsp3) is 0.688. The highest BCUT2D eigenvalue weighted by molar-refractivity contribution is 5.80. The molecule has 3 nitrogen and oxygen atoms in total. The second-order valence-electron chi connectivity index (χ2n) is 5.09. The Balaban J connectivity index is 1.80. The van der Waals surface area contributed by atoms with Crippen molar-refractivity contribution < 1.29 is 14.6 Å². The topological polar surface area (TPSA) is 49.8 Å². The van der Waals surface area contributed by atoms with Gasteiger partial charge in [-0.1, -0.05) is 50.8 Å². The SMILES string of the molecule is CCC1OC1CCCCCCCC=CC=CC(=O)O. The monoisotopic (exact) mass is 266 g/mol.